The summed E-state index contributed by atoms with van der Waals surface area (Å²) >= 11 is 0. The van der Waals surface area contributed by atoms with Gasteiger partial charge in [-0.1, -0.05) is 26.0 Å². The molecule has 1 heterocycles. The minimum Gasteiger partial charge on any atom is -0.391 e. The van der Waals surface area contributed by atoms with E-state index < -0.39 is 0 Å². The Morgan fingerprint density at radius 3 is 2.76 bits per heavy atom. The van der Waals surface area contributed by atoms with Crippen LogP contribution < -0.4 is 5.32 Å². The summed E-state index contributed by atoms with van der Waals surface area (Å²) in [7, 11) is 0. The Bertz CT molecular complexity index is 493. The molecule has 2 aromatic rings. The highest BCUT2D eigenvalue weighted by Crippen LogP contribution is 2.18. The summed E-state index contributed by atoms with van der Waals surface area (Å²) in [5, 5.41) is 13.9. The first kappa shape index (κ1) is 11.8. The molecule has 4 heteroatoms. The van der Waals surface area contributed by atoms with Gasteiger partial charge in [-0.25, -0.2) is 9.97 Å². The van der Waals surface area contributed by atoms with Gasteiger partial charge in [0.25, 0.3) is 0 Å². The van der Waals surface area contributed by atoms with E-state index in [1.165, 1.54) is 6.33 Å². The van der Waals surface area contributed by atoms with E-state index in [1.54, 1.807) is 0 Å². The molecule has 0 saturated heterocycles. The van der Waals surface area contributed by atoms with Gasteiger partial charge in [-0.05, 0) is 18.1 Å². The van der Waals surface area contributed by atoms with Crippen molar-refractivity contribution in [3.05, 3.63) is 30.6 Å². The Morgan fingerprint density at radius 1 is 1.24 bits per heavy atom. The summed E-state index contributed by atoms with van der Waals surface area (Å²) in [6.45, 7) is 4.48. The van der Waals surface area contributed by atoms with Crippen molar-refractivity contribution in [3.8, 4) is 0 Å². The van der Waals surface area contributed by atoms with E-state index in [0.29, 0.717) is 6.54 Å². The quantitative estimate of drug-likeness (QED) is 0.845. The molecule has 0 bridgehead atoms. The molecule has 0 fully saturated rings. The second-order valence-corrected chi connectivity index (χ2v) is 4.43. The zero-order chi connectivity index (χ0) is 12.3. The number of nitrogens with one attached hydrogen (secondary N) is 1. The number of hydrogen-bond donors (Lipinski definition) is 2. The summed E-state index contributed by atoms with van der Waals surface area (Å²) in [4.78, 5) is 8.40. The van der Waals surface area contributed by atoms with Crippen LogP contribution in [-0.4, -0.2) is 27.7 Å². The zero-order valence-electron chi connectivity index (χ0n) is 10.1. The third-order valence-electron chi connectivity index (χ3n) is 2.79. The number of rotatable bonds is 4. The van der Waals surface area contributed by atoms with Crippen molar-refractivity contribution in [1.82, 2.24) is 9.97 Å². The molecule has 0 saturated carbocycles. The summed E-state index contributed by atoms with van der Waals surface area (Å²) < 4.78 is 0. The lowest BCUT2D eigenvalue weighted by Crippen LogP contribution is -2.25. The Hall–Kier alpha value is -1.68. The van der Waals surface area contributed by atoms with Crippen molar-refractivity contribution >= 4 is 16.7 Å². The standard InChI is InChI=1S/C13H17N3O/c1-9(2)12(17)7-14-13-10-5-3-4-6-11(10)15-8-16-13/h3-6,8-9,12,17H,7H2,1-2H3,(H,14,15,16). The van der Waals surface area contributed by atoms with Crippen molar-refractivity contribution in [3.63, 3.8) is 0 Å². The van der Waals surface area contributed by atoms with Crippen molar-refractivity contribution in [2.45, 2.75) is 20.0 Å². The lowest BCUT2D eigenvalue weighted by molar-refractivity contribution is 0.138. The molecule has 0 amide bonds. The van der Waals surface area contributed by atoms with Gasteiger partial charge < -0.3 is 10.4 Å². The van der Waals surface area contributed by atoms with E-state index in [0.717, 1.165) is 16.7 Å². The minimum absolute atomic E-state index is 0.232. The molecule has 0 radical (unpaired) electrons. The predicted molar refractivity (Wildman–Crippen MR) is 68.9 cm³/mol. The largest absolute Gasteiger partial charge is 0.391 e. The lowest BCUT2D eigenvalue weighted by Gasteiger charge is -2.16. The van der Waals surface area contributed by atoms with Gasteiger partial charge in [-0.3, -0.25) is 0 Å². The van der Waals surface area contributed by atoms with Crippen molar-refractivity contribution in [1.29, 1.82) is 0 Å². The summed E-state index contributed by atoms with van der Waals surface area (Å²) in [5.74, 6) is 1.01. The number of aliphatic hydroxyl groups is 1. The van der Waals surface area contributed by atoms with E-state index in [4.69, 9.17) is 0 Å². The Kier molecular flexibility index (Phi) is 3.54. The highest BCUT2D eigenvalue weighted by atomic mass is 16.3. The van der Waals surface area contributed by atoms with Crippen LogP contribution in [0.2, 0.25) is 0 Å². The molecule has 17 heavy (non-hydrogen) atoms. The maximum absolute atomic E-state index is 9.75. The molecule has 2 rings (SSSR count). The average Bonchev–Trinajstić information content (AvgIpc) is 2.35. The van der Waals surface area contributed by atoms with Gasteiger partial charge in [0.1, 0.15) is 12.1 Å². The normalized spacial score (nSPS) is 12.9. The molecule has 90 valence electrons. The average molecular weight is 231 g/mol. The molecular formula is C13H17N3O. The molecule has 2 N–H and O–H groups in total. The van der Waals surface area contributed by atoms with Crippen LogP contribution in [-0.2, 0) is 0 Å². The molecule has 1 aromatic carbocycles. The summed E-state index contributed by atoms with van der Waals surface area (Å²) in [5.41, 5.74) is 0.907. The number of benzene rings is 1. The van der Waals surface area contributed by atoms with Crippen LogP contribution in [0.25, 0.3) is 10.9 Å². The number of para-hydroxylation sites is 1. The van der Waals surface area contributed by atoms with Crippen molar-refractivity contribution < 1.29 is 5.11 Å². The first-order valence-corrected chi connectivity index (χ1v) is 5.80. The van der Waals surface area contributed by atoms with Crippen molar-refractivity contribution in [2.24, 2.45) is 5.92 Å². The number of aromatic nitrogens is 2. The van der Waals surface area contributed by atoms with Gasteiger partial charge in [-0.15, -0.1) is 0 Å². The van der Waals surface area contributed by atoms with Gasteiger partial charge in [0.15, 0.2) is 0 Å². The summed E-state index contributed by atoms with van der Waals surface area (Å²) in [6.07, 6.45) is 1.16. The van der Waals surface area contributed by atoms with Crippen LogP contribution >= 0.6 is 0 Å². The SMILES string of the molecule is CC(C)C(O)CNc1ncnc2ccccc12. The summed E-state index contributed by atoms with van der Waals surface area (Å²) in [6, 6.07) is 7.82. The molecule has 1 aromatic heterocycles. The fraction of sp³-hybridized carbons (Fsp3) is 0.385. The Morgan fingerprint density at radius 2 is 2.00 bits per heavy atom. The van der Waals surface area contributed by atoms with Gasteiger partial charge in [0.2, 0.25) is 0 Å². The van der Waals surface area contributed by atoms with E-state index in [9.17, 15) is 5.11 Å². The number of anilines is 1. The first-order valence-electron chi connectivity index (χ1n) is 5.80. The van der Waals surface area contributed by atoms with Crippen LogP contribution in [0.15, 0.2) is 30.6 Å². The van der Waals surface area contributed by atoms with E-state index in [2.05, 4.69) is 15.3 Å². The van der Waals surface area contributed by atoms with Gasteiger partial charge in [0.05, 0.1) is 11.6 Å². The molecular weight excluding hydrogens is 214 g/mol. The van der Waals surface area contributed by atoms with Gasteiger partial charge in [0, 0.05) is 11.9 Å². The van der Waals surface area contributed by atoms with Crippen LogP contribution in [0.1, 0.15) is 13.8 Å². The monoisotopic (exact) mass is 231 g/mol. The lowest BCUT2D eigenvalue weighted by atomic mass is 10.1. The fourth-order valence-electron chi connectivity index (χ4n) is 1.58. The number of nitrogens with zero attached hydrogens (tertiary/aromatic N) is 2. The third-order valence-corrected chi connectivity index (χ3v) is 2.79. The smallest absolute Gasteiger partial charge is 0.137 e. The van der Waals surface area contributed by atoms with E-state index in [-0.39, 0.29) is 12.0 Å². The van der Waals surface area contributed by atoms with Gasteiger partial charge in [-0.2, -0.15) is 0 Å². The zero-order valence-corrected chi connectivity index (χ0v) is 10.1. The first-order chi connectivity index (χ1) is 8.18. The molecule has 0 aliphatic rings. The fourth-order valence-corrected chi connectivity index (χ4v) is 1.58. The van der Waals surface area contributed by atoms with E-state index in [1.807, 2.05) is 38.1 Å². The van der Waals surface area contributed by atoms with Crippen molar-refractivity contribution in [2.75, 3.05) is 11.9 Å². The van der Waals surface area contributed by atoms with Crippen LogP contribution in [0.4, 0.5) is 5.82 Å². The Labute approximate surface area is 101 Å². The van der Waals surface area contributed by atoms with Crippen LogP contribution in [0.5, 0.6) is 0 Å². The van der Waals surface area contributed by atoms with Crippen LogP contribution in [0.3, 0.4) is 0 Å². The highest BCUT2D eigenvalue weighted by Gasteiger charge is 2.10. The number of hydrogen-bond acceptors (Lipinski definition) is 4. The third kappa shape index (κ3) is 2.71. The maximum atomic E-state index is 9.75. The van der Waals surface area contributed by atoms with E-state index >= 15 is 0 Å². The highest BCUT2D eigenvalue weighted by molar-refractivity contribution is 5.88. The predicted octanol–water partition coefficient (Wildman–Crippen LogP) is 2.06. The molecule has 0 aliphatic heterocycles. The molecule has 1 atom stereocenters. The van der Waals surface area contributed by atoms with Crippen LogP contribution in [0, 0.1) is 5.92 Å². The Balaban J connectivity index is 2.19. The number of fused-ring (bicyclic) bond motifs is 1. The maximum Gasteiger partial charge on any atom is 0.137 e. The molecule has 4 nitrogen and oxygen atoms in total. The molecule has 1 unspecified atom stereocenters. The second kappa shape index (κ2) is 5.10. The molecule has 0 spiro atoms. The number of aliphatic hydroxyl groups excluding tert-OH is 1. The van der Waals surface area contributed by atoms with Gasteiger partial charge >= 0.3 is 0 Å². The molecule has 0 aliphatic carbocycles. The minimum atomic E-state index is -0.372. The second-order valence-electron chi connectivity index (χ2n) is 4.43. The topological polar surface area (TPSA) is 58.0 Å².